The van der Waals surface area contributed by atoms with Crippen LogP contribution in [-0.2, 0) is 10.2 Å². The van der Waals surface area contributed by atoms with Crippen molar-refractivity contribution in [3.8, 4) is 5.75 Å². The molecule has 0 aromatic heterocycles. The lowest BCUT2D eigenvalue weighted by Crippen LogP contribution is -2.47. The van der Waals surface area contributed by atoms with E-state index in [1.54, 1.807) is 7.11 Å². The maximum atomic E-state index is 14.3. The maximum Gasteiger partial charge on any atom is 0.240 e. The van der Waals surface area contributed by atoms with Crippen LogP contribution in [0.2, 0.25) is 0 Å². The first-order valence-electron chi connectivity index (χ1n) is 10.8. The quantitative estimate of drug-likeness (QED) is 0.377. The number of amides is 1. The third-order valence-corrected chi connectivity index (χ3v) is 5.92. The molecule has 4 aromatic rings. The average molecular weight is 422 g/mol. The van der Waals surface area contributed by atoms with E-state index < -0.39 is 5.41 Å². The third kappa shape index (κ3) is 4.02. The number of benzene rings is 4. The SMILES string of the molecule is COc1ccc(C(C(=O)NC(C)c2ccccc2)(c2ccccc2)c2ccccc2)cc1. The summed E-state index contributed by atoms with van der Waals surface area (Å²) in [6.45, 7) is 2.02. The van der Waals surface area contributed by atoms with Gasteiger partial charge in [-0.3, -0.25) is 4.79 Å². The predicted octanol–water partition coefficient (Wildman–Crippen LogP) is 5.91. The van der Waals surface area contributed by atoms with Gasteiger partial charge in [-0.15, -0.1) is 0 Å². The van der Waals surface area contributed by atoms with Gasteiger partial charge < -0.3 is 10.1 Å². The highest BCUT2D eigenvalue weighted by atomic mass is 16.5. The van der Waals surface area contributed by atoms with Crippen LogP contribution in [0.15, 0.2) is 115 Å². The molecule has 4 rings (SSSR count). The average Bonchev–Trinajstić information content (AvgIpc) is 2.87. The van der Waals surface area contributed by atoms with Gasteiger partial charge in [0.1, 0.15) is 11.2 Å². The molecule has 3 heteroatoms. The van der Waals surface area contributed by atoms with E-state index in [9.17, 15) is 4.79 Å². The molecule has 0 aliphatic heterocycles. The monoisotopic (exact) mass is 421 g/mol. The number of rotatable bonds is 7. The van der Waals surface area contributed by atoms with Crippen LogP contribution in [0, 0.1) is 0 Å². The lowest BCUT2D eigenvalue weighted by atomic mass is 9.68. The van der Waals surface area contributed by atoms with Crippen LogP contribution in [0.4, 0.5) is 0 Å². The fraction of sp³-hybridized carbons (Fsp3) is 0.138. The predicted molar refractivity (Wildman–Crippen MR) is 129 cm³/mol. The van der Waals surface area contributed by atoms with E-state index in [4.69, 9.17) is 4.74 Å². The summed E-state index contributed by atoms with van der Waals surface area (Å²) in [4.78, 5) is 14.3. The summed E-state index contributed by atoms with van der Waals surface area (Å²) in [6.07, 6.45) is 0. The molecule has 0 saturated heterocycles. The number of carbonyl (C=O) groups excluding carboxylic acids is 1. The molecule has 1 atom stereocenters. The Morgan fingerprint density at radius 2 is 1.12 bits per heavy atom. The Bertz CT molecular complexity index is 1100. The Morgan fingerprint density at radius 3 is 1.59 bits per heavy atom. The number of ether oxygens (including phenoxy) is 1. The van der Waals surface area contributed by atoms with Crippen LogP contribution in [0.25, 0.3) is 0 Å². The van der Waals surface area contributed by atoms with Gasteiger partial charge in [-0.2, -0.15) is 0 Å². The van der Waals surface area contributed by atoms with Crippen LogP contribution in [-0.4, -0.2) is 13.0 Å². The van der Waals surface area contributed by atoms with Crippen molar-refractivity contribution in [2.75, 3.05) is 7.11 Å². The van der Waals surface area contributed by atoms with Gasteiger partial charge in [0.25, 0.3) is 0 Å². The summed E-state index contributed by atoms with van der Waals surface area (Å²) in [7, 11) is 1.64. The van der Waals surface area contributed by atoms with Gasteiger partial charge in [-0.25, -0.2) is 0 Å². The van der Waals surface area contributed by atoms with Crippen LogP contribution in [0.1, 0.15) is 35.2 Å². The maximum absolute atomic E-state index is 14.3. The zero-order valence-electron chi connectivity index (χ0n) is 18.4. The molecule has 160 valence electrons. The molecule has 0 radical (unpaired) electrons. The summed E-state index contributed by atoms with van der Waals surface area (Å²) < 4.78 is 5.38. The molecule has 0 bridgehead atoms. The molecule has 0 spiro atoms. The largest absolute Gasteiger partial charge is 0.497 e. The van der Waals surface area contributed by atoms with Crippen LogP contribution >= 0.6 is 0 Å². The van der Waals surface area contributed by atoms with E-state index in [1.165, 1.54) is 0 Å². The van der Waals surface area contributed by atoms with Gasteiger partial charge in [0.05, 0.1) is 13.2 Å². The van der Waals surface area contributed by atoms with Gasteiger partial charge in [-0.1, -0.05) is 103 Å². The molecular weight excluding hydrogens is 394 g/mol. The normalized spacial score (nSPS) is 12.1. The zero-order chi connectivity index (χ0) is 22.4. The van der Waals surface area contributed by atoms with Gasteiger partial charge >= 0.3 is 0 Å². The highest BCUT2D eigenvalue weighted by molar-refractivity contribution is 5.96. The minimum Gasteiger partial charge on any atom is -0.497 e. The summed E-state index contributed by atoms with van der Waals surface area (Å²) in [6, 6.07) is 37.6. The lowest BCUT2D eigenvalue weighted by molar-refractivity contribution is -0.124. The Balaban J connectivity index is 1.90. The minimum absolute atomic E-state index is 0.0728. The summed E-state index contributed by atoms with van der Waals surface area (Å²) in [5.41, 5.74) is 2.75. The number of carbonyl (C=O) groups is 1. The van der Waals surface area contributed by atoms with E-state index in [0.717, 1.165) is 28.0 Å². The topological polar surface area (TPSA) is 38.3 Å². The molecule has 4 aromatic carbocycles. The fourth-order valence-corrected chi connectivity index (χ4v) is 4.24. The molecule has 0 heterocycles. The van der Waals surface area contributed by atoms with Crippen LogP contribution in [0.5, 0.6) is 5.75 Å². The second-order valence-corrected chi connectivity index (χ2v) is 7.82. The smallest absolute Gasteiger partial charge is 0.240 e. The summed E-state index contributed by atoms with van der Waals surface area (Å²) in [5, 5.41) is 3.29. The third-order valence-electron chi connectivity index (χ3n) is 5.92. The molecular formula is C29H27NO2. The molecule has 0 fully saturated rings. The molecule has 0 aliphatic carbocycles. The van der Waals surface area contributed by atoms with Crippen LogP contribution < -0.4 is 10.1 Å². The van der Waals surface area contributed by atoms with Crippen molar-refractivity contribution in [2.45, 2.75) is 18.4 Å². The van der Waals surface area contributed by atoms with Crippen molar-refractivity contribution in [3.63, 3.8) is 0 Å². The Hall–Kier alpha value is -3.85. The number of hydrogen-bond donors (Lipinski definition) is 1. The summed E-state index contributed by atoms with van der Waals surface area (Å²) >= 11 is 0. The second-order valence-electron chi connectivity index (χ2n) is 7.82. The molecule has 1 unspecified atom stereocenters. The first kappa shape index (κ1) is 21.4. The van der Waals surface area contributed by atoms with Crippen molar-refractivity contribution in [1.29, 1.82) is 0 Å². The van der Waals surface area contributed by atoms with E-state index in [0.29, 0.717) is 0 Å². The van der Waals surface area contributed by atoms with E-state index in [2.05, 4.69) is 5.32 Å². The zero-order valence-corrected chi connectivity index (χ0v) is 18.4. The lowest BCUT2D eigenvalue weighted by Gasteiger charge is -2.35. The van der Waals surface area contributed by atoms with Crippen molar-refractivity contribution in [1.82, 2.24) is 5.32 Å². The van der Waals surface area contributed by atoms with Gasteiger partial charge in [0.2, 0.25) is 5.91 Å². The molecule has 1 amide bonds. The van der Waals surface area contributed by atoms with E-state index >= 15 is 0 Å². The van der Waals surface area contributed by atoms with E-state index in [1.807, 2.05) is 122 Å². The summed E-state index contributed by atoms with van der Waals surface area (Å²) in [5.74, 6) is 0.679. The number of methoxy groups -OCH3 is 1. The number of nitrogens with one attached hydrogen (secondary N) is 1. The van der Waals surface area contributed by atoms with Gasteiger partial charge in [0.15, 0.2) is 0 Å². The minimum atomic E-state index is -1.02. The second kappa shape index (κ2) is 9.52. The standard InChI is InChI=1S/C29H27NO2/c1-22(23-12-6-3-7-13-23)30-28(31)29(24-14-8-4-9-15-24,25-16-10-5-11-17-25)26-18-20-27(32-2)21-19-26/h3-22H,1-2H3,(H,30,31). The highest BCUT2D eigenvalue weighted by Gasteiger charge is 2.44. The molecule has 0 saturated carbocycles. The molecule has 0 aliphatic rings. The first-order chi connectivity index (χ1) is 15.7. The Labute approximate surface area is 189 Å². The molecule has 1 N–H and O–H groups in total. The van der Waals surface area contributed by atoms with Crippen LogP contribution in [0.3, 0.4) is 0 Å². The highest BCUT2D eigenvalue weighted by Crippen LogP contribution is 2.40. The van der Waals surface area contributed by atoms with Gasteiger partial charge in [-0.05, 0) is 41.3 Å². The van der Waals surface area contributed by atoms with Crippen molar-refractivity contribution in [2.24, 2.45) is 0 Å². The van der Waals surface area contributed by atoms with E-state index in [-0.39, 0.29) is 11.9 Å². The Kier molecular flexibility index (Phi) is 6.37. The van der Waals surface area contributed by atoms with Crippen molar-refractivity contribution in [3.05, 3.63) is 138 Å². The number of hydrogen-bond acceptors (Lipinski definition) is 2. The molecule has 32 heavy (non-hydrogen) atoms. The Morgan fingerprint density at radius 1 is 0.688 bits per heavy atom. The fourth-order valence-electron chi connectivity index (χ4n) is 4.24. The van der Waals surface area contributed by atoms with Crippen molar-refractivity contribution >= 4 is 5.91 Å². The van der Waals surface area contributed by atoms with Crippen molar-refractivity contribution < 1.29 is 9.53 Å². The first-order valence-corrected chi connectivity index (χ1v) is 10.8. The molecule has 3 nitrogen and oxygen atoms in total. The van der Waals surface area contributed by atoms with Gasteiger partial charge in [0, 0.05) is 0 Å².